The molecule has 1 aliphatic rings. The average molecular weight is 393 g/mol. The molecule has 27 heavy (non-hydrogen) atoms. The van der Waals surface area contributed by atoms with Crippen molar-refractivity contribution in [2.24, 2.45) is 0 Å². The van der Waals surface area contributed by atoms with Crippen molar-refractivity contribution in [1.29, 1.82) is 0 Å². The van der Waals surface area contributed by atoms with Gasteiger partial charge in [0.1, 0.15) is 10.6 Å². The van der Waals surface area contributed by atoms with Gasteiger partial charge in [0.2, 0.25) is 10.0 Å². The highest BCUT2D eigenvalue weighted by molar-refractivity contribution is 7.89. The number of nitrogens with zero attached hydrogens (tertiary/aromatic N) is 4. The highest BCUT2D eigenvalue weighted by Crippen LogP contribution is 2.25. The number of rotatable bonds is 6. The number of hydrogen-bond acceptors (Lipinski definition) is 5. The SMILES string of the molecule is CCn1nc(C)c(S(=O)(=O)N2CCN(Cc3ccc(OC)cc3)CC2)c1C. The Morgan fingerprint density at radius 2 is 1.70 bits per heavy atom. The Balaban J connectivity index is 1.66. The first-order valence-electron chi connectivity index (χ1n) is 9.26. The van der Waals surface area contributed by atoms with Gasteiger partial charge in [-0.25, -0.2) is 8.42 Å². The van der Waals surface area contributed by atoms with Crippen molar-refractivity contribution in [3.63, 3.8) is 0 Å². The molecule has 0 spiro atoms. The standard InChI is InChI=1S/C19H28N4O3S/c1-5-23-16(3)19(15(2)20-23)27(24,25)22-12-10-21(11-13-22)14-17-6-8-18(26-4)9-7-17/h6-9H,5,10-14H2,1-4H3. The van der Waals surface area contributed by atoms with E-state index in [2.05, 4.69) is 10.00 Å². The van der Waals surface area contributed by atoms with E-state index in [-0.39, 0.29) is 0 Å². The number of piperazine rings is 1. The molecule has 148 valence electrons. The quantitative estimate of drug-likeness (QED) is 0.753. The highest BCUT2D eigenvalue weighted by Gasteiger charge is 2.33. The summed E-state index contributed by atoms with van der Waals surface area (Å²) < 4.78 is 34.8. The van der Waals surface area contributed by atoms with Crippen molar-refractivity contribution < 1.29 is 13.2 Å². The van der Waals surface area contributed by atoms with Gasteiger partial charge in [0, 0.05) is 39.3 Å². The average Bonchev–Trinajstić information content (AvgIpc) is 2.97. The third kappa shape index (κ3) is 4.02. The lowest BCUT2D eigenvalue weighted by Crippen LogP contribution is -2.48. The molecular weight excluding hydrogens is 364 g/mol. The molecule has 0 aliphatic carbocycles. The van der Waals surface area contributed by atoms with Crippen LogP contribution in [0.2, 0.25) is 0 Å². The van der Waals surface area contributed by atoms with Crippen molar-refractivity contribution in [3.8, 4) is 5.75 Å². The number of aryl methyl sites for hydroxylation is 2. The van der Waals surface area contributed by atoms with E-state index in [1.165, 1.54) is 5.56 Å². The largest absolute Gasteiger partial charge is 0.497 e. The topological polar surface area (TPSA) is 67.7 Å². The van der Waals surface area contributed by atoms with E-state index in [0.29, 0.717) is 43.3 Å². The molecule has 8 heteroatoms. The summed E-state index contributed by atoms with van der Waals surface area (Å²) in [7, 11) is -1.86. The van der Waals surface area contributed by atoms with Gasteiger partial charge in [-0.1, -0.05) is 12.1 Å². The highest BCUT2D eigenvalue weighted by atomic mass is 32.2. The van der Waals surface area contributed by atoms with Crippen LogP contribution < -0.4 is 4.74 Å². The third-order valence-corrected chi connectivity index (χ3v) is 7.26. The van der Waals surface area contributed by atoms with E-state index in [1.807, 2.05) is 38.1 Å². The van der Waals surface area contributed by atoms with Crippen LogP contribution in [0.25, 0.3) is 0 Å². The minimum Gasteiger partial charge on any atom is -0.497 e. The van der Waals surface area contributed by atoms with Crippen LogP contribution in [-0.4, -0.2) is 60.7 Å². The second kappa shape index (κ2) is 8.00. The van der Waals surface area contributed by atoms with E-state index in [1.54, 1.807) is 23.0 Å². The lowest BCUT2D eigenvalue weighted by Gasteiger charge is -2.34. The predicted octanol–water partition coefficient (Wildman–Crippen LogP) is 2.03. The molecule has 0 unspecified atom stereocenters. The summed E-state index contributed by atoms with van der Waals surface area (Å²) in [5.74, 6) is 0.841. The lowest BCUT2D eigenvalue weighted by atomic mass is 10.2. The van der Waals surface area contributed by atoms with E-state index in [4.69, 9.17) is 4.74 Å². The second-order valence-corrected chi connectivity index (χ2v) is 8.72. The first-order chi connectivity index (χ1) is 12.9. The summed E-state index contributed by atoms with van der Waals surface area (Å²) in [6, 6.07) is 8.00. The Kier molecular flexibility index (Phi) is 5.88. The molecule has 2 aromatic rings. The van der Waals surface area contributed by atoms with Crippen LogP contribution >= 0.6 is 0 Å². The van der Waals surface area contributed by atoms with E-state index in [0.717, 1.165) is 18.0 Å². The van der Waals surface area contributed by atoms with Gasteiger partial charge in [-0.3, -0.25) is 9.58 Å². The predicted molar refractivity (Wildman–Crippen MR) is 104 cm³/mol. The fourth-order valence-electron chi connectivity index (χ4n) is 3.61. The van der Waals surface area contributed by atoms with Crippen molar-refractivity contribution in [2.75, 3.05) is 33.3 Å². The normalized spacial score (nSPS) is 16.6. The molecule has 1 aliphatic heterocycles. The number of sulfonamides is 1. The molecular formula is C19H28N4O3S. The van der Waals surface area contributed by atoms with Gasteiger partial charge in [0.15, 0.2) is 0 Å². The molecule has 1 aromatic carbocycles. The summed E-state index contributed by atoms with van der Waals surface area (Å²) in [5, 5.41) is 4.36. The zero-order valence-corrected chi connectivity index (χ0v) is 17.3. The van der Waals surface area contributed by atoms with Crippen LogP contribution in [-0.2, 0) is 23.1 Å². The Bertz CT molecular complexity index is 882. The van der Waals surface area contributed by atoms with Gasteiger partial charge < -0.3 is 4.74 Å². The zero-order chi connectivity index (χ0) is 19.6. The van der Waals surface area contributed by atoms with Crippen molar-refractivity contribution in [2.45, 2.75) is 38.8 Å². The molecule has 0 N–H and O–H groups in total. The monoisotopic (exact) mass is 392 g/mol. The fraction of sp³-hybridized carbons (Fsp3) is 0.526. The minimum atomic E-state index is -3.51. The van der Waals surface area contributed by atoms with Gasteiger partial charge in [0.05, 0.1) is 18.5 Å². The van der Waals surface area contributed by atoms with E-state index < -0.39 is 10.0 Å². The Morgan fingerprint density at radius 1 is 1.07 bits per heavy atom. The van der Waals surface area contributed by atoms with Crippen LogP contribution in [0.4, 0.5) is 0 Å². The summed E-state index contributed by atoms with van der Waals surface area (Å²) in [5.41, 5.74) is 2.49. The Morgan fingerprint density at radius 3 is 2.22 bits per heavy atom. The summed E-state index contributed by atoms with van der Waals surface area (Å²) in [6.45, 7) is 9.46. The fourth-order valence-corrected chi connectivity index (χ4v) is 5.40. The number of methoxy groups -OCH3 is 1. The molecule has 0 saturated carbocycles. The minimum absolute atomic E-state index is 0.368. The maximum absolute atomic E-state index is 13.1. The molecule has 7 nitrogen and oxygen atoms in total. The number of benzene rings is 1. The van der Waals surface area contributed by atoms with Crippen molar-refractivity contribution in [3.05, 3.63) is 41.2 Å². The number of hydrogen-bond donors (Lipinski definition) is 0. The lowest BCUT2D eigenvalue weighted by molar-refractivity contribution is 0.181. The number of ether oxygens (including phenoxy) is 1. The molecule has 2 heterocycles. The van der Waals surface area contributed by atoms with Crippen LogP contribution in [0, 0.1) is 13.8 Å². The zero-order valence-electron chi connectivity index (χ0n) is 16.5. The maximum Gasteiger partial charge on any atom is 0.246 e. The number of aromatic nitrogens is 2. The molecule has 1 saturated heterocycles. The van der Waals surface area contributed by atoms with Gasteiger partial charge in [-0.2, -0.15) is 9.40 Å². The smallest absolute Gasteiger partial charge is 0.246 e. The van der Waals surface area contributed by atoms with Crippen LogP contribution in [0.3, 0.4) is 0 Å². The van der Waals surface area contributed by atoms with Gasteiger partial charge in [-0.05, 0) is 38.5 Å². The second-order valence-electron chi connectivity index (χ2n) is 6.84. The molecule has 3 rings (SSSR count). The molecule has 0 radical (unpaired) electrons. The molecule has 0 atom stereocenters. The van der Waals surface area contributed by atoms with Crippen LogP contribution in [0.15, 0.2) is 29.2 Å². The van der Waals surface area contributed by atoms with Crippen molar-refractivity contribution >= 4 is 10.0 Å². The first kappa shape index (κ1) is 19.9. The van der Waals surface area contributed by atoms with Crippen LogP contribution in [0.5, 0.6) is 5.75 Å². The Labute approximate surface area is 161 Å². The maximum atomic E-state index is 13.1. The molecule has 1 fully saturated rings. The summed E-state index contributed by atoms with van der Waals surface area (Å²) in [4.78, 5) is 2.65. The Hall–Kier alpha value is -1.90. The van der Waals surface area contributed by atoms with E-state index >= 15 is 0 Å². The molecule has 0 bridgehead atoms. The van der Waals surface area contributed by atoms with Gasteiger partial charge in [0.25, 0.3) is 0 Å². The summed E-state index contributed by atoms with van der Waals surface area (Å²) in [6.07, 6.45) is 0. The first-order valence-corrected chi connectivity index (χ1v) is 10.7. The third-order valence-electron chi connectivity index (χ3n) is 5.11. The molecule has 1 aromatic heterocycles. The van der Waals surface area contributed by atoms with E-state index in [9.17, 15) is 8.42 Å². The van der Waals surface area contributed by atoms with Crippen LogP contribution in [0.1, 0.15) is 23.9 Å². The van der Waals surface area contributed by atoms with Gasteiger partial charge >= 0.3 is 0 Å². The molecule has 0 amide bonds. The van der Waals surface area contributed by atoms with Gasteiger partial charge in [-0.15, -0.1) is 0 Å². The van der Waals surface area contributed by atoms with Crippen molar-refractivity contribution in [1.82, 2.24) is 19.0 Å². The summed E-state index contributed by atoms with van der Waals surface area (Å²) >= 11 is 0.